The van der Waals surface area contributed by atoms with Crippen LogP contribution in [0.25, 0.3) is 0 Å². The summed E-state index contributed by atoms with van der Waals surface area (Å²) in [6.07, 6.45) is 0. The van der Waals surface area contributed by atoms with Gasteiger partial charge in [0.15, 0.2) is 0 Å². The molecule has 1 amide bonds. The Labute approximate surface area is 134 Å². The third kappa shape index (κ3) is 4.90. The molecule has 1 aliphatic rings. The molecule has 0 aliphatic carbocycles. The zero-order valence-corrected chi connectivity index (χ0v) is 14.2. The molecule has 1 heterocycles. The first-order chi connectivity index (χ1) is 10.4. The molecular weight excluding hydrogens is 300 g/mol. The molecule has 2 N–H and O–H groups in total. The van der Waals surface area contributed by atoms with Crippen LogP contribution in [-0.4, -0.2) is 40.7 Å². The van der Waals surface area contributed by atoms with Crippen LogP contribution in [0.4, 0.5) is 5.69 Å². The van der Waals surface area contributed by atoms with Crippen molar-refractivity contribution in [3.05, 3.63) is 29.8 Å². The zero-order chi connectivity index (χ0) is 16.2. The summed E-state index contributed by atoms with van der Waals surface area (Å²) in [6, 6.07) is 7.20. The molecule has 122 valence electrons. The number of anilines is 1. The molecule has 6 heteroatoms. The SMILES string of the molecule is CC(C)(C)S(=O)Cc1cccc(NC(=O)C2COCCN2)c1. The fourth-order valence-electron chi connectivity index (χ4n) is 2.07. The number of carbonyl (C=O) groups is 1. The highest BCUT2D eigenvalue weighted by molar-refractivity contribution is 7.85. The smallest absolute Gasteiger partial charge is 0.243 e. The lowest BCUT2D eigenvalue weighted by Gasteiger charge is -2.23. The van der Waals surface area contributed by atoms with Gasteiger partial charge in [0, 0.05) is 33.5 Å². The van der Waals surface area contributed by atoms with Crippen LogP contribution in [-0.2, 0) is 26.1 Å². The second-order valence-electron chi connectivity index (χ2n) is 6.37. The molecule has 1 saturated heterocycles. The molecule has 1 aromatic carbocycles. The number of ether oxygens (including phenoxy) is 1. The number of nitrogens with one attached hydrogen (secondary N) is 2. The molecule has 0 bridgehead atoms. The van der Waals surface area contributed by atoms with Gasteiger partial charge in [0.2, 0.25) is 5.91 Å². The maximum atomic E-state index is 12.2. The minimum atomic E-state index is -0.959. The summed E-state index contributed by atoms with van der Waals surface area (Å²) in [6.45, 7) is 7.59. The van der Waals surface area contributed by atoms with Gasteiger partial charge in [-0.1, -0.05) is 12.1 Å². The molecule has 22 heavy (non-hydrogen) atoms. The van der Waals surface area contributed by atoms with Crippen LogP contribution < -0.4 is 10.6 Å². The molecule has 1 aromatic rings. The number of hydrogen-bond acceptors (Lipinski definition) is 4. The molecule has 2 rings (SSSR count). The molecule has 0 radical (unpaired) electrons. The van der Waals surface area contributed by atoms with Crippen LogP contribution in [0.3, 0.4) is 0 Å². The summed E-state index contributed by atoms with van der Waals surface area (Å²) >= 11 is 0. The van der Waals surface area contributed by atoms with Crippen LogP contribution in [0.15, 0.2) is 24.3 Å². The Kier molecular flexibility index (Phi) is 5.72. The number of carbonyl (C=O) groups excluding carboxylic acids is 1. The van der Waals surface area contributed by atoms with Crippen LogP contribution in [0.2, 0.25) is 0 Å². The van der Waals surface area contributed by atoms with E-state index in [1.54, 1.807) is 0 Å². The summed E-state index contributed by atoms with van der Waals surface area (Å²) in [5.41, 5.74) is 1.68. The topological polar surface area (TPSA) is 67.4 Å². The highest BCUT2D eigenvalue weighted by Gasteiger charge is 2.22. The molecular formula is C16H24N2O3S. The highest BCUT2D eigenvalue weighted by Crippen LogP contribution is 2.18. The number of morpholine rings is 1. The molecule has 1 fully saturated rings. The first-order valence-electron chi connectivity index (χ1n) is 7.46. The van der Waals surface area contributed by atoms with Crippen molar-refractivity contribution < 1.29 is 13.7 Å². The van der Waals surface area contributed by atoms with Crippen molar-refractivity contribution in [2.24, 2.45) is 0 Å². The predicted octanol–water partition coefficient (Wildman–Crippen LogP) is 1.66. The van der Waals surface area contributed by atoms with Gasteiger partial charge in [0.25, 0.3) is 0 Å². The first-order valence-corrected chi connectivity index (χ1v) is 8.77. The van der Waals surface area contributed by atoms with E-state index in [-0.39, 0.29) is 16.7 Å². The van der Waals surface area contributed by atoms with E-state index >= 15 is 0 Å². The van der Waals surface area contributed by atoms with Crippen molar-refractivity contribution in [2.75, 3.05) is 25.1 Å². The van der Waals surface area contributed by atoms with Crippen molar-refractivity contribution in [2.45, 2.75) is 37.3 Å². The minimum Gasteiger partial charge on any atom is -0.378 e. The van der Waals surface area contributed by atoms with Crippen LogP contribution in [0.5, 0.6) is 0 Å². The number of rotatable bonds is 4. The summed E-state index contributed by atoms with van der Waals surface area (Å²) in [4.78, 5) is 12.1. The van der Waals surface area contributed by atoms with Gasteiger partial charge in [-0.2, -0.15) is 0 Å². The third-order valence-corrected chi connectivity index (χ3v) is 5.37. The van der Waals surface area contributed by atoms with Gasteiger partial charge >= 0.3 is 0 Å². The predicted molar refractivity (Wildman–Crippen MR) is 89.3 cm³/mol. The molecule has 5 nitrogen and oxygen atoms in total. The van der Waals surface area contributed by atoms with Gasteiger partial charge in [-0.05, 0) is 38.5 Å². The average molecular weight is 324 g/mol. The molecule has 2 atom stereocenters. The second-order valence-corrected chi connectivity index (χ2v) is 8.58. The number of amides is 1. The Hall–Kier alpha value is -1.24. The van der Waals surface area contributed by atoms with Crippen molar-refractivity contribution in [3.8, 4) is 0 Å². The van der Waals surface area contributed by atoms with E-state index in [0.29, 0.717) is 25.5 Å². The zero-order valence-electron chi connectivity index (χ0n) is 13.3. The van der Waals surface area contributed by atoms with Gasteiger partial charge in [0.1, 0.15) is 6.04 Å². The number of hydrogen-bond donors (Lipinski definition) is 2. The van der Waals surface area contributed by atoms with Gasteiger partial charge in [-0.15, -0.1) is 0 Å². The van der Waals surface area contributed by atoms with E-state index in [2.05, 4.69) is 10.6 Å². The van der Waals surface area contributed by atoms with Crippen molar-refractivity contribution in [1.29, 1.82) is 0 Å². The van der Waals surface area contributed by atoms with Gasteiger partial charge in [-0.3, -0.25) is 9.00 Å². The summed E-state index contributed by atoms with van der Waals surface area (Å²) < 4.78 is 17.3. The van der Waals surface area contributed by atoms with Gasteiger partial charge in [0.05, 0.1) is 13.2 Å². The maximum absolute atomic E-state index is 12.2. The van der Waals surface area contributed by atoms with E-state index in [0.717, 1.165) is 11.3 Å². The van der Waals surface area contributed by atoms with Gasteiger partial charge < -0.3 is 15.4 Å². The van der Waals surface area contributed by atoms with Gasteiger partial charge in [-0.25, -0.2) is 0 Å². The minimum absolute atomic E-state index is 0.103. The van der Waals surface area contributed by atoms with E-state index in [1.807, 2.05) is 45.0 Å². The molecule has 2 unspecified atom stereocenters. The standard InChI is InChI=1S/C16H24N2O3S/c1-16(2,3)22(20)11-12-5-4-6-13(9-12)18-15(19)14-10-21-8-7-17-14/h4-6,9,14,17H,7-8,10-11H2,1-3H3,(H,18,19). The quantitative estimate of drug-likeness (QED) is 0.884. The average Bonchev–Trinajstić information content (AvgIpc) is 2.47. The van der Waals surface area contributed by atoms with E-state index < -0.39 is 10.8 Å². The van der Waals surface area contributed by atoms with Crippen molar-refractivity contribution in [1.82, 2.24) is 5.32 Å². The Balaban J connectivity index is 1.99. The monoisotopic (exact) mass is 324 g/mol. The van der Waals surface area contributed by atoms with E-state index in [9.17, 15) is 9.00 Å². The molecule has 0 saturated carbocycles. The maximum Gasteiger partial charge on any atom is 0.243 e. The van der Waals surface area contributed by atoms with E-state index in [1.165, 1.54) is 0 Å². The lowest BCUT2D eigenvalue weighted by molar-refractivity contribution is -0.120. The van der Waals surface area contributed by atoms with Crippen molar-refractivity contribution in [3.63, 3.8) is 0 Å². The fourth-order valence-corrected chi connectivity index (χ4v) is 2.99. The Morgan fingerprint density at radius 3 is 2.86 bits per heavy atom. The lowest BCUT2D eigenvalue weighted by atomic mass is 10.2. The Morgan fingerprint density at radius 1 is 1.45 bits per heavy atom. The first kappa shape index (κ1) is 17.1. The van der Waals surface area contributed by atoms with Crippen molar-refractivity contribution >= 4 is 22.4 Å². The highest BCUT2D eigenvalue weighted by atomic mass is 32.2. The summed E-state index contributed by atoms with van der Waals surface area (Å²) in [5, 5.41) is 6.00. The normalized spacial score (nSPS) is 20.4. The Bertz CT molecular complexity index is 549. The second kappa shape index (κ2) is 7.35. The molecule has 0 spiro atoms. The number of benzene rings is 1. The molecule has 0 aromatic heterocycles. The van der Waals surface area contributed by atoms with Crippen LogP contribution in [0.1, 0.15) is 26.3 Å². The summed E-state index contributed by atoms with van der Waals surface area (Å²) in [7, 11) is -0.959. The molecule has 1 aliphatic heterocycles. The van der Waals surface area contributed by atoms with Crippen LogP contribution in [0, 0.1) is 0 Å². The fraction of sp³-hybridized carbons (Fsp3) is 0.562. The lowest BCUT2D eigenvalue weighted by Crippen LogP contribution is -2.48. The summed E-state index contributed by atoms with van der Waals surface area (Å²) in [5.74, 6) is 0.381. The van der Waals surface area contributed by atoms with E-state index in [4.69, 9.17) is 4.74 Å². The van der Waals surface area contributed by atoms with Crippen LogP contribution >= 0.6 is 0 Å². The largest absolute Gasteiger partial charge is 0.378 e. The third-order valence-electron chi connectivity index (χ3n) is 3.41. The Morgan fingerprint density at radius 2 is 2.23 bits per heavy atom.